The van der Waals surface area contributed by atoms with Gasteiger partial charge in [0, 0.05) is 6.42 Å². The molecule has 1 saturated heterocycles. The number of cyclic esters (lactones) is 1. The van der Waals surface area contributed by atoms with Crippen LogP contribution in [0.1, 0.15) is 66.2 Å². The van der Waals surface area contributed by atoms with Gasteiger partial charge >= 0.3 is 5.97 Å². The number of ether oxygens (including phenoxy) is 2. The molecule has 6 heteroatoms. The summed E-state index contributed by atoms with van der Waals surface area (Å²) in [5.41, 5.74) is 0.421. The largest absolute Gasteiger partial charge is 0.458 e. The zero-order valence-electron chi connectivity index (χ0n) is 20.8. The summed E-state index contributed by atoms with van der Waals surface area (Å²) in [6, 6.07) is 0. The van der Waals surface area contributed by atoms with Crippen LogP contribution in [0.25, 0.3) is 0 Å². The number of fused-ring (bicyclic) bond motifs is 4. The molecule has 6 aliphatic rings. The third-order valence-corrected chi connectivity index (χ3v) is 11.5. The van der Waals surface area contributed by atoms with Crippen molar-refractivity contribution in [3.8, 4) is 0 Å². The molecule has 0 unspecified atom stereocenters. The smallest absolute Gasteiger partial charge is 0.336 e. The molecule has 2 N–H and O–H groups in total. The van der Waals surface area contributed by atoms with E-state index in [1.54, 1.807) is 6.08 Å². The molecular formula is C28H38O6. The second-order valence-corrected chi connectivity index (χ2v) is 12.6. The number of epoxide rings is 1. The van der Waals surface area contributed by atoms with E-state index in [-0.39, 0.29) is 53.4 Å². The van der Waals surface area contributed by atoms with Crippen molar-refractivity contribution in [3.63, 3.8) is 0 Å². The molecule has 186 valence electrons. The summed E-state index contributed by atoms with van der Waals surface area (Å²) in [5.74, 6) is 0.814. The molecule has 0 aromatic rings. The van der Waals surface area contributed by atoms with Crippen LogP contribution < -0.4 is 0 Å². The minimum atomic E-state index is -0.465. The predicted octanol–water partition coefficient (Wildman–Crippen LogP) is 3.35. The quantitative estimate of drug-likeness (QED) is 0.485. The molecule has 34 heavy (non-hydrogen) atoms. The fraction of sp³-hybridized carbons (Fsp3) is 0.786. The normalized spacial score (nSPS) is 52.4. The zero-order chi connectivity index (χ0) is 24.2. The zero-order valence-corrected chi connectivity index (χ0v) is 20.8. The maximum Gasteiger partial charge on any atom is 0.336 e. The number of carbonyl (C=O) groups is 2. The molecular weight excluding hydrogens is 432 g/mol. The lowest BCUT2D eigenvalue weighted by molar-refractivity contribution is -0.155. The first-order chi connectivity index (χ1) is 16.1. The van der Waals surface area contributed by atoms with Gasteiger partial charge < -0.3 is 19.7 Å². The Morgan fingerprint density at radius 3 is 2.68 bits per heavy atom. The molecule has 0 amide bonds. The van der Waals surface area contributed by atoms with E-state index in [1.807, 2.05) is 13.0 Å². The van der Waals surface area contributed by atoms with E-state index in [9.17, 15) is 19.8 Å². The molecule has 1 spiro atoms. The monoisotopic (exact) mass is 470 g/mol. The Balaban J connectivity index is 1.29. The van der Waals surface area contributed by atoms with Crippen molar-refractivity contribution in [3.05, 3.63) is 23.3 Å². The van der Waals surface area contributed by atoms with Crippen LogP contribution in [0.15, 0.2) is 23.3 Å². The van der Waals surface area contributed by atoms with Crippen LogP contribution in [0.4, 0.5) is 0 Å². The van der Waals surface area contributed by atoms with Crippen molar-refractivity contribution in [1.29, 1.82) is 0 Å². The number of rotatable bonds is 3. The van der Waals surface area contributed by atoms with E-state index in [1.165, 1.54) is 0 Å². The molecule has 0 radical (unpaired) electrons. The minimum absolute atomic E-state index is 0.00961. The van der Waals surface area contributed by atoms with Crippen molar-refractivity contribution in [2.24, 2.45) is 40.4 Å². The Morgan fingerprint density at radius 2 is 1.97 bits per heavy atom. The molecule has 6 nitrogen and oxygen atoms in total. The number of carbonyl (C=O) groups excluding carboxylic acids is 2. The number of ketones is 1. The lowest BCUT2D eigenvalue weighted by Gasteiger charge is -2.57. The number of allylic oxidation sites excluding steroid dienone is 1. The molecule has 11 atom stereocenters. The van der Waals surface area contributed by atoms with Gasteiger partial charge in [0.15, 0.2) is 5.78 Å². The highest BCUT2D eigenvalue weighted by Gasteiger charge is 2.77. The Hall–Kier alpha value is -1.50. The maximum absolute atomic E-state index is 13.3. The lowest BCUT2D eigenvalue weighted by atomic mass is 9.44. The van der Waals surface area contributed by atoms with Crippen molar-refractivity contribution in [1.82, 2.24) is 0 Å². The predicted molar refractivity (Wildman–Crippen MR) is 124 cm³/mol. The second-order valence-electron chi connectivity index (χ2n) is 12.6. The Bertz CT molecular complexity index is 999. The van der Waals surface area contributed by atoms with Gasteiger partial charge in [-0.15, -0.1) is 0 Å². The average Bonchev–Trinajstić information content (AvgIpc) is 3.41. The highest BCUT2D eigenvalue weighted by atomic mass is 16.6. The summed E-state index contributed by atoms with van der Waals surface area (Å²) in [7, 11) is 0. The Labute approximate surface area is 201 Å². The van der Waals surface area contributed by atoms with Crippen LogP contribution in [-0.4, -0.2) is 52.5 Å². The SMILES string of the molecule is CC1=C(CO)C(=O)O[C@@H]([C@@H](C)[C@H]2[C@H](O)C[C@H]3[C@@H]4C[C@H]5O[C@]56CC=CC(=O)[C@]6(C)[C@H]4CC[C@]23C)C1. The second kappa shape index (κ2) is 7.27. The molecule has 2 aliphatic heterocycles. The van der Waals surface area contributed by atoms with Gasteiger partial charge in [0.05, 0.1) is 29.8 Å². The number of hydrogen-bond acceptors (Lipinski definition) is 6. The van der Waals surface area contributed by atoms with Gasteiger partial charge in [0.2, 0.25) is 0 Å². The van der Waals surface area contributed by atoms with Crippen molar-refractivity contribution < 1.29 is 29.3 Å². The van der Waals surface area contributed by atoms with E-state index >= 15 is 0 Å². The van der Waals surface area contributed by atoms with Crippen LogP contribution in [0, 0.1) is 40.4 Å². The molecule has 2 heterocycles. The van der Waals surface area contributed by atoms with E-state index < -0.39 is 17.5 Å². The summed E-state index contributed by atoms with van der Waals surface area (Å²) in [4.78, 5) is 25.8. The fourth-order valence-corrected chi connectivity index (χ4v) is 9.68. The van der Waals surface area contributed by atoms with Gasteiger partial charge in [0.1, 0.15) is 11.7 Å². The van der Waals surface area contributed by atoms with Gasteiger partial charge in [-0.3, -0.25) is 4.79 Å². The van der Waals surface area contributed by atoms with Crippen LogP contribution in [-0.2, 0) is 19.1 Å². The van der Waals surface area contributed by atoms with Crippen LogP contribution in [0.2, 0.25) is 0 Å². The molecule has 0 aromatic carbocycles. The van der Waals surface area contributed by atoms with E-state index in [2.05, 4.69) is 20.8 Å². The van der Waals surface area contributed by atoms with Gasteiger partial charge in [-0.05, 0) is 87.0 Å². The number of esters is 1. The number of aliphatic hydroxyl groups excluding tert-OH is 2. The third kappa shape index (κ3) is 2.68. The third-order valence-electron chi connectivity index (χ3n) is 11.5. The summed E-state index contributed by atoms with van der Waals surface area (Å²) >= 11 is 0. The molecule has 4 aliphatic carbocycles. The minimum Gasteiger partial charge on any atom is -0.458 e. The van der Waals surface area contributed by atoms with Gasteiger partial charge in [-0.2, -0.15) is 0 Å². The molecule has 0 bridgehead atoms. The van der Waals surface area contributed by atoms with E-state index in [4.69, 9.17) is 9.47 Å². The summed E-state index contributed by atoms with van der Waals surface area (Å²) in [6.07, 6.45) is 8.29. The maximum atomic E-state index is 13.3. The molecule has 3 saturated carbocycles. The molecule has 6 rings (SSSR count). The van der Waals surface area contributed by atoms with Crippen LogP contribution in [0.5, 0.6) is 0 Å². The highest BCUT2D eigenvalue weighted by molar-refractivity contribution is 5.97. The van der Waals surface area contributed by atoms with E-state index in [0.717, 1.165) is 37.7 Å². The summed E-state index contributed by atoms with van der Waals surface area (Å²) in [5, 5.41) is 21.0. The Morgan fingerprint density at radius 1 is 1.21 bits per heavy atom. The number of hydrogen-bond donors (Lipinski definition) is 2. The highest BCUT2D eigenvalue weighted by Crippen LogP contribution is 2.73. The van der Waals surface area contributed by atoms with Gasteiger partial charge in [-0.1, -0.05) is 25.5 Å². The summed E-state index contributed by atoms with van der Waals surface area (Å²) < 4.78 is 12.1. The molecule has 4 fully saturated rings. The Kier molecular flexibility index (Phi) is 4.90. The number of aliphatic hydroxyl groups is 2. The molecule has 0 aromatic heterocycles. The van der Waals surface area contributed by atoms with Gasteiger partial charge in [0.25, 0.3) is 0 Å². The first-order valence-electron chi connectivity index (χ1n) is 13.2. The average molecular weight is 471 g/mol. The van der Waals surface area contributed by atoms with E-state index in [0.29, 0.717) is 23.8 Å². The topological polar surface area (TPSA) is 96.4 Å². The first kappa shape index (κ1) is 22.9. The van der Waals surface area contributed by atoms with Crippen molar-refractivity contribution >= 4 is 11.8 Å². The standard InChI is InChI=1S/C28H38O6/c1-14-10-21(33-25(32)17(14)13-29)15(2)24-20(30)12-19-16-11-23-28(34-23)8-5-6-22(31)27(28,4)18(16)7-9-26(19,24)3/h5-6,15-16,18-21,23-24,29-30H,7-13H2,1-4H3/t15-,16-,18+,19+,20-,21-,23-,24+,26+,27+,28-/m1/s1. The van der Waals surface area contributed by atoms with Gasteiger partial charge in [-0.25, -0.2) is 4.79 Å². The fourth-order valence-electron chi connectivity index (χ4n) is 9.68. The first-order valence-corrected chi connectivity index (χ1v) is 13.2. The van der Waals surface area contributed by atoms with Crippen molar-refractivity contribution in [2.75, 3.05) is 6.61 Å². The van der Waals surface area contributed by atoms with Crippen molar-refractivity contribution in [2.45, 2.75) is 90.1 Å². The van der Waals surface area contributed by atoms with Crippen LogP contribution in [0.3, 0.4) is 0 Å². The lowest BCUT2D eigenvalue weighted by Crippen LogP contribution is -2.60. The summed E-state index contributed by atoms with van der Waals surface area (Å²) in [6.45, 7) is 8.21. The van der Waals surface area contributed by atoms with Crippen LogP contribution >= 0.6 is 0 Å².